The fourth-order valence-corrected chi connectivity index (χ4v) is 3.60. The van der Waals surface area contributed by atoms with E-state index < -0.39 is 11.8 Å². The van der Waals surface area contributed by atoms with Gasteiger partial charge in [0.05, 0.1) is 6.21 Å². The van der Waals surface area contributed by atoms with Crippen molar-refractivity contribution in [2.24, 2.45) is 5.10 Å². The summed E-state index contributed by atoms with van der Waals surface area (Å²) in [6.45, 7) is 6.18. The number of halogens is 1. The zero-order valence-corrected chi connectivity index (χ0v) is 22.5. The van der Waals surface area contributed by atoms with Gasteiger partial charge in [-0.05, 0) is 54.3 Å². The van der Waals surface area contributed by atoms with Gasteiger partial charge < -0.3 is 15.4 Å². The summed E-state index contributed by atoms with van der Waals surface area (Å²) < 4.78 is 6.40. The van der Waals surface area contributed by atoms with E-state index in [0.717, 1.165) is 15.6 Å². The van der Waals surface area contributed by atoms with E-state index in [9.17, 15) is 14.4 Å². The standard InChI is InChI=1S/C28H29BrN4O4/c1-18(2)21-8-6-20(7-9-21)15-30-27(35)28(36)33-31-16-22-14-23(29)10-13-25(22)37-17-26(34)32-24-11-4-19(3)5-12-24/h4-14,16,18H,15,17H2,1-3H3,(H,30,35)(H,32,34)(H,33,36)/b31-16-. The number of nitrogens with one attached hydrogen (secondary N) is 3. The average Bonchev–Trinajstić information content (AvgIpc) is 2.88. The van der Waals surface area contributed by atoms with Crippen molar-refractivity contribution in [1.82, 2.24) is 10.7 Å². The largest absolute Gasteiger partial charge is 0.483 e. The number of anilines is 1. The molecule has 0 radical (unpaired) electrons. The number of carbonyl (C=O) groups excluding carboxylic acids is 3. The number of aryl methyl sites for hydroxylation is 1. The summed E-state index contributed by atoms with van der Waals surface area (Å²) >= 11 is 3.38. The van der Waals surface area contributed by atoms with Gasteiger partial charge in [0.2, 0.25) is 0 Å². The normalized spacial score (nSPS) is 10.8. The quantitative estimate of drug-likeness (QED) is 0.199. The van der Waals surface area contributed by atoms with Crippen molar-refractivity contribution in [2.75, 3.05) is 11.9 Å². The molecule has 8 nitrogen and oxygen atoms in total. The summed E-state index contributed by atoms with van der Waals surface area (Å²) in [7, 11) is 0. The molecular weight excluding hydrogens is 536 g/mol. The van der Waals surface area contributed by atoms with E-state index in [1.807, 2.05) is 55.5 Å². The molecule has 0 unspecified atom stereocenters. The van der Waals surface area contributed by atoms with Crippen molar-refractivity contribution < 1.29 is 19.1 Å². The molecule has 9 heteroatoms. The lowest BCUT2D eigenvalue weighted by Crippen LogP contribution is -2.37. The van der Waals surface area contributed by atoms with Crippen LogP contribution >= 0.6 is 15.9 Å². The topological polar surface area (TPSA) is 109 Å². The van der Waals surface area contributed by atoms with Crippen LogP contribution in [0, 0.1) is 6.92 Å². The van der Waals surface area contributed by atoms with E-state index in [1.54, 1.807) is 18.2 Å². The van der Waals surface area contributed by atoms with Crippen molar-refractivity contribution >= 4 is 45.6 Å². The number of amides is 3. The Bertz CT molecular complexity index is 1270. The second-order valence-corrected chi connectivity index (χ2v) is 9.58. The van der Waals surface area contributed by atoms with Crippen LogP contribution in [-0.4, -0.2) is 30.5 Å². The Hall–Kier alpha value is -3.98. The van der Waals surface area contributed by atoms with Crippen molar-refractivity contribution in [1.29, 1.82) is 0 Å². The highest BCUT2D eigenvalue weighted by molar-refractivity contribution is 9.10. The molecule has 0 atom stereocenters. The third kappa shape index (κ3) is 8.88. The van der Waals surface area contributed by atoms with E-state index in [-0.39, 0.29) is 19.1 Å². The predicted octanol–water partition coefficient (Wildman–Crippen LogP) is 4.66. The molecule has 0 aliphatic heterocycles. The summed E-state index contributed by atoms with van der Waals surface area (Å²) in [4.78, 5) is 36.5. The number of hydrazone groups is 1. The predicted molar refractivity (Wildman–Crippen MR) is 148 cm³/mol. The Kier molecular flexibility index (Phi) is 9.97. The molecule has 0 heterocycles. The molecule has 192 valence electrons. The van der Waals surface area contributed by atoms with E-state index in [1.165, 1.54) is 11.8 Å². The maximum atomic E-state index is 12.3. The molecule has 0 saturated heterocycles. The zero-order chi connectivity index (χ0) is 26.8. The molecule has 0 saturated carbocycles. The highest BCUT2D eigenvalue weighted by Gasteiger charge is 2.13. The van der Waals surface area contributed by atoms with Crippen molar-refractivity contribution in [3.05, 3.63) is 93.5 Å². The number of ether oxygens (including phenoxy) is 1. The highest BCUT2D eigenvalue weighted by Crippen LogP contribution is 2.22. The minimum atomic E-state index is -0.898. The van der Waals surface area contributed by atoms with Crippen LogP contribution in [0.5, 0.6) is 5.75 Å². The molecule has 0 aliphatic rings. The second-order valence-electron chi connectivity index (χ2n) is 8.66. The van der Waals surface area contributed by atoms with Gasteiger partial charge in [-0.3, -0.25) is 14.4 Å². The lowest BCUT2D eigenvalue weighted by molar-refractivity contribution is -0.139. The lowest BCUT2D eigenvalue weighted by atomic mass is 10.0. The number of hydrogen-bond acceptors (Lipinski definition) is 5. The second kappa shape index (κ2) is 13.4. The van der Waals surface area contributed by atoms with E-state index in [2.05, 4.69) is 50.9 Å². The number of nitrogens with zero attached hydrogens (tertiary/aromatic N) is 1. The summed E-state index contributed by atoms with van der Waals surface area (Å²) in [5, 5.41) is 9.20. The first-order chi connectivity index (χ1) is 17.7. The zero-order valence-electron chi connectivity index (χ0n) is 20.9. The molecule has 0 aliphatic carbocycles. The first kappa shape index (κ1) is 27.6. The van der Waals surface area contributed by atoms with Crippen LogP contribution in [-0.2, 0) is 20.9 Å². The van der Waals surface area contributed by atoms with E-state index in [0.29, 0.717) is 22.9 Å². The third-order valence-corrected chi connectivity index (χ3v) is 5.83. The Morgan fingerprint density at radius 2 is 1.68 bits per heavy atom. The summed E-state index contributed by atoms with van der Waals surface area (Å²) in [6.07, 6.45) is 1.34. The van der Waals surface area contributed by atoms with E-state index in [4.69, 9.17) is 4.74 Å². The van der Waals surface area contributed by atoms with Gasteiger partial charge in [0.25, 0.3) is 5.91 Å². The van der Waals surface area contributed by atoms with Crippen LogP contribution in [0.2, 0.25) is 0 Å². The molecule has 3 N–H and O–H groups in total. The SMILES string of the molecule is Cc1ccc(NC(=O)COc2ccc(Br)cc2/C=N\NC(=O)C(=O)NCc2ccc(C(C)C)cc2)cc1. The number of carbonyl (C=O) groups is 3. The van der Waals surface area contributed by atoms with Gasteiger partial charge in [-0.2, -0.15) is 5.10 Å². The molecule has 0 bridgehead atoms. The van der Waals surface area contributed by atoms with Gasteiger partial charge in [-0.25, -0.2) is 5.43 Å². The molecule has 3 rings (SSSR count). The smallest absolute Gasteiger partial charge is 0.329 e. The minimum absolute atomic E-state index is 0.219. The van der Waals surface area contributed by atoms with Crippen LogP contribution < -0.4 is 20.8 Å². The highest BCUT2D eigenvalue weighted by atomic mass is 79.9. The number of rotatable bonds is 9. The minimum Gasteiger partial charge on any atom is -0.483 e. The summed E-state index contributed by atoms with van der Waals surface area (Å²) in [5.41, 5.74) is 6.56. The van der Waals surface area contributed by atoms with Crippen LogP contribution in [0.3, 0.4) is 0 Å². The van der Waals surface area contributed by atoms with Crippen molar-refractivity contribution in [2.45, 2.75) is 33.2 Å². The lowest BCUT2D eigenvalue weighted by Gasteiger charge is -2.10. The summed E-state index contributed by atoms with van der Waals surface area (Å²) in [6, 6.07) is 20.4. The van der Waals surface area contributed by atoms with Crippen molar-refractivity contribution in [3.63, 3.8) is 0 Å². The molecular formula is C28H29BrN4O4. The molecule has 37 heavy (non-hydrogen) atoms. The monoisotopic (exact) mass is 564 g/mol. The first-order valence-corrected chi connectivity index (χ1v) is 12.5. The molecule has 0 fully saturated rings. The van der Waals surface area contributed by atoms with Crippen LogP contribution in [0.15, 0.2) is 76.3 Å². The Labute approximate surface area is 224 Å². The van der Waals surface area contributed by atoms with Crippen molar-refractivity contribution in [3.8, 4) is 5.75 Å². The molecule has 3 aromatic carbocycles. The fourth-order valence-electron chi connectivity index (χ4n) is 3.22. The van der Waals surface area contributed by atoms with Gasteiger partial charge >= 0.3 is 11.8 Å². The van der Waals surface area contributed by atoms with Gasteiger partial charge in [-0.1, -0.05) is 71.7 Å². The van der Waals surface area contributed by atoms with Crippen LogP contribution in [0.1, 0.15) is 42.0 Å². The number of benzene rings is 3. The van der Waals surface area contributed by atoms with Crippen LogP contribution in [0.25, 0.3) is 0 Å². The van der Waals surface area contributed by atoms with Gasteiger partial charge in [0, 0.05) is 22.3 Å². The van der Waals surface area contributed by atoms with Gasteiger partial charge in [0.15, 0.2) is 6.61 Å². The Morgan fingerprint density at radius 3 is 2.35 bits per heavy atom. The van der Waals surface area contributed by atoms with Gasteiger partial charge in [-0.15, -0.1) is 0 Å². The molecule has 0 aromatic heterocycles. The van der Waals surface area contributed by atoms with Gasteiger partial charge in [0.1, 0.15) is 5.75 Å². The average molecular weight is 565 g/mol. The third-order valence-electron chi connectivity index (χ3n) is 5.34. The van der Waals surface area contributed by atoms with Crippen LogP contribution in [0.4, 0.5) is 5.69 Å². The maximum absolute atomic E-state index is 12.3. The molecule has 3 aromatic rings. The Balaban J connectivity index is 1.51. The first-order valence-electron chi connectivity index (χ1n) is 11.7. The molecule has 0 spiro atoms. The summed E-state index contributed by atoms with van der Waals surface area (Å²) in [5.74, 6) is -1.22. The fraction of sp³-hybridized carbons (Fsp3) is 0.214. The maximum Gasteiger partial charge on any atom is 0.329 e. The molecule has 3 amide bonds. The van der Waals surface area contributed by atoms with E-state index >= 15 is 0 Å². The Morgan fingerprint density at radius 1 is 0.973 bits per heavy atom. The number of hydrogen-bond donors (Lipinski definition) is 3.